The van der Waals surface area contributed by atoms with Crippen LogP contribution in [-0.4, -0.2) is 23.0 Å². The molecule has 0 atom stereocenters. The van der Waals surface area contributed by atoms with E-state index in [-0.39, 0.29) is 0 Å². The van der Waals surface area contributed by atoms with Crippen molar-refractivity contribution in [2.75, 3.05) is 13.2 Å². The van der Waals surface area contributed by atoms with Gasteiger partial charge in [-0.1, -0.05) is 20.8 Å². The van der Waals surface area contributed by atoms with Crippen LogP contribution in [-0.2, 0) is 11.2 Å². The lowest BCUT2D eigenvalue weighted by molar-refractivity contribution is 0.0662. The van der Waals surface area contributed by atoms with Gasteiger partial charge >= 0.3 is 0 Å². The van der Waals surface area contributed by atoms with Crippen molar-refractivity contribution in [3.63, 3.8) is 0 Å². The maximum Gasteiger partial charge on any atom is 0.0563 e. The molecule has 1 aromatic rings. The standard InChI is InChI=1S/C10H16N2O.C2H6/c1-2-9-7-11-12(8-9)10-3-5-13-6-4-10;1-2/h7-8,10H,2-6H2,1H3;1-2H3. The Morgan fingerprint density at radius 3 is 2.60 bits per heavy atom. The fourth-order valence-corrected chi connectivity index (χ4v) is 1.71. The second-order valence-electron chi connectivity index (χ2n) is 3.53. The Kier molecular flexibility index (Phi) is 5.40. The molecule has 0 aromatic carbocycles. The third-order valence-corrected chi connectivity index (χ3v) is 2.63. The Morgan fingerprint density at radius 2 is 2.07 bits per heavy atom. The van der Waals surface area contributed by atoms with E-state index in [1.807, 2.05) is 20.0 Å². The SMILES string of the molecule is CC.CCc1cnn(C2CCOCC2)c1. The van der Waals surface area contributed by atoms with Gasteiger partial charge in [0.2, 0.25) is 0 Å². The first-order chi connectivity index (χ1) is 7.40. The second kappa shape index (κ2) is 6.62. The van der Waals surface area contributed by atoms with Crippen LogP contribution in [0.4, 0.5) is 0 Å². The summed E-state index contributed by atoms with van der Waals surface area (Å²) in [5.41, 5.74) is 1.33. The topological polar surface area (TPSA) is 27.1 Å². The number of aromatic nitrogens is 2. The highest BCUT2D eigenvalue weighted by Crippen LogP contribution is 2.20. The van der Waals surface area contributed by atoms with Gasteiger partial charge in [-0.25, -0.2) is 0 Å². The molecule has 0 unspecified atom stereocenters. The summed E-state index contributed by atoms with van der Waals surface area (Å²) < 4.78 is 7.41. The van der Waals surface area contributed by atoms with Crippen molar-refractivity contribution in [3.05, 3.63) is 18.0 Å². The molecule has 1 fully saturated rings. The van der Waals surface area contributed by atoms with E-state index < -0.39 is 0 Å². The van der Waals surface area contributed by atoms with Gasteiger partial charge in [-0.2, -0.15) is 5.10 Å². The third-order valence-electron chi connectivity index (χ3n) is 2.63. The average molecular weight is 210 g/mol. The van der Waals surface area contributed by atoms with Gasteiger partial charge in [0.25, 0.3) is 0 Å². The highest BCUT2D eigenvalue weighted by Gasteiger charge is 2.15. The lowest BCUT2D eigenvalue weighted by Gasteiger charge is -2.22. The lowest BCUT2D eigenvalue weighted by Crippen LogP contribution is -2.19. The molecule has 1 aliphatic heterocycles. The van der Waals surface area contributed by atoms with Crippen LogP contribution >= 0.6 is 0 Å². The summed E-state index contributed by atoms with van der Waals surface area (Å²) >= 11 is 0. The minimum absolute atomic E-state index is 0.564. The molecule has 0 N–H and O–H groups in total. The molecule has 0 amide bonds. The van der Waals surface area contributed by atoms with Crippen molar-refractivity contribution < 1.29 is 4.74 Å². The Hall–Kier alpha value is -0.830. The molecule has 0 spiro atoms. The van der Waals surface area contributed by atoms with E-state index in [1.54, 1.807) is 0 Å². The first-order valence-corrected chi connectivity index (χ1v) is 6.01. The number of nitrogens with zero attached hydrogens (tertiary/aromatic N) is 2. The molecule has 0 aliphatic carbocycles. The third kappa shape index (κ3) is 3.34. The van der Waals surface area contributed by atoms with E-state index in [0.29, 0.717) is 6.04 Å². The van der Waals surface area contributed by atoms with Gasteiger partial charge in [0.1, 0.15) is 0 Å². The first-order valence-electron chi connectivity index (χ1n) is 6.01. The summed E-state index contributed by atoms with van der Waals surface area (Å²) in [5, 5.41) is 4.37. The van der Waals surface area contributed by atoms with Crippen molar-refractivity contribution in [1.82, 2.24) is 9.78 Å². The summed E-state index contributed by atoms with van der Waals surface area (Å²) in [7, 11) is 0. The van der Waals surface area contributed by atoms with Gasteiger partial charge in [-0.15, -0.1) is 0 Å². The van der Waals surface area contributed by atoms with Gasteiger partial charge in [-0.05, 0) is 24.8 Å². The summed E-state index contributed by atoms with van der Waals surface area (Å²) in [6, 6.07) is 0.564. The van der Waals surface area contributed by atoms with E-state index in [4.69, 9.17) is 4.74 Å². The number of hydrogen-bond donors (Lipinski definition) is 0. The van der Waals surface area contributed by atoms with Crippen LogP contribution in [0.1, 0.15) is 45.2 Å². The van der Waals surface area contributed by atoms with Gasteiger partial charge in [-0.3, -0.25) is 4.68 Å². The maximum atomic E-state index is 5.31. The number of aryl methyl sites for hydroxylation is 1. The summed E-state index contributed by atoms with van der Waals surface area (Å²) in [6.07, 6.45) is 7.41. The Bertz CT molecular complexity index is 264. The Balaban J connectivity index is 0.000000531. The molecule has 1 aromatic heterocycles. The molecule has 0 radical (unpaired) electrons. The summed E-state index contributed by atoms with van der Waals surface area (Å²) in [4.78, 5) is 0. The summed E-state index contributed by atoms with van der Waals surface area (Å²) in [6.45, 7) is 7.92. The molecule has 15 heavy (non-hydrogen) atoms. The van der Waals surface area contributed by atoms with Crippen LogP contribution in [0.5, 0.6) is 0 Å². The zero-order valence-corrected chi connectivity index (χ0v) is 10.1. The smallest absolute Gasteiger partial charge is 0.0563 e. The van der Waals surface area contributed by atoms with Crippen molar-refractivity contribution in [1.29, 1.82) is 0 Å². The molecule has 1 saturated heterocycles. The highest BCUT2D eigenvalue weighted by molar-refractivity contribution is 5.03. The molecule has 3 nitrogen and oxygen atoms in total. The predicted molar refractivity (Wildman–Crippen MR) is 62.0 cm³/mol. The summed E-state index contributed by atoms with van der Waals surface area (Å²) in [5.74, 6) is 0. The van der Waals surface area contributed by atoms with Crippen LogP contribution in [0.2, 0.25) is 0 Å². The maximum absolute atomic E-state index is 5.31. The minimum Gasteiger partial charge on any atom is -0.381 e. The van der Waals surface area contributed by atoms with Crippen LogP contribution in [0.25, 0.3) is 0 Å². The van der Waals surface area contributed by atoms with E-state index >= 15 is 0 Å². The van der Waals surface area contributed by atoms with E-state index in [9.17, 15) is 0 Å². The molecule has 0 bridgehead atoms. The monoisotopic (exact) mass is 210 g/mol. The van der Waals surface area contributed by atoms with Crippen LogP contribution in [0.3, 0.4) is 0 Å². The fourth-order valence-electron chi connectivity index (χ4n) is 1.71. The highest BCUT2D eigenvalue weighted by atomic mass is 16.5. The Morgan fingerprint density at radius 1 is 1.40 bits per heavy atom. The number of hydrogen-bond acceptors (Lipinski definition) is 2. The van der Waals surface area contributed by atoms with Crippen molar-refractivity contribution in [3.8, 4) is 0 Å². The largest absolute Gasteiger partial charge is 0.381 e. The van der Waals surface area contributed by atoms with Gasteiger partial charge in [0.15, 0.2) is 0 Å². The molecule has 86 valence electrons. The van der Waals surface area contributed by atoms with E-state index in [2.05, 4.69) is 22.9 Å². The molecule has 2 rings (SSSR count). The lowest BCUT2D eigenvalue weighted by atomic mass is 10.1. The average Bonchev–Trinajstić information content (AvgIpc) is 2.81. The van der Waals surface area contributed by atoms with Crippen LogP contribution < -0.4 is 0 Å². The first kappa shape index (κ1) is 12.2. The van der Waals surface area contributed by atoms with Crippen molar-refractivity contribution in [2.24, 2.45) is 0 Å². The number of ether oxygens (including phenoxy) is 1. The van der Waals surface area contributed by atoms with Crippen molar-refractivity contribution >= 4 is 0 Å². The molecule has 1 aliphatic rings. The van der Waals surface area contributed by atoms with Crippen LogP contribution in [0, 0.1) is 0 Å². The minimum atomic E-state index is 0.564. The Labute approximate surface area is 92.4 Å². The van der Waals surface area contributed by atoms with E-state index in [0.717, 1.165) is 32.5 Å². The van der Waals surface area contributed by atoms with Crippen LogP contribution in [0.15, 0.2) is 12.4 Å². The molecular formula is C12H22N2O. The van der Waals surface area contributed by atoms with E-state index in [1.165, 1.54) is 5.56 Å². The van der Waals surface area contributed by atoms with Gasteiger partial charge < -0.3 is 4.74 Å². The number of rotatable bonds is 2. The van der Waals surface area contributed by atoms with Crippen molar-refractivity contribution in [2.45, 2.75) is 46.1 Å². The predicted octanol–water partition coefficient (Wildman–Crippen LogP) is 2.82. The van der Waals surface area contributed by atoms with Gasteiger partial charge in [0, 0.05) is 19.4 Å². The molecule has 2 heterocycles. The molecule has 3 heteroatoms. The quantitative estimate of drug-likeness (QED) is 0.750. The molecular weight excluding hydrogens is 188 g/mol. The zero-order chi connectivity index (χ0) is 11.1. The molecule has 0 saturated carbocycles. The van der Waals surface area contributed by atoms with Gasteiger partial charge in [0.05, 0.1) is 12.2 Å². The fraction of sp³-hybridized carbons (Fsp3) is 0.750. The zero-order valence-electron chi connectivity index (χ0n) is 10.1. The second-order valence-corrected chi connectivity index (χ2v) is 3.53. The normalized spacial score (nSPS) is 17.0.